The molecule has 5 aromatic heterocycles. The monoisotopic (exact) mass is 780 g/mol. The van der Waals surface area contributed by atoms with Crippen molar-refractivity contribution in [3.8, 4) is 84.6 Å². The Kier molecular flexibility index (Phi) is 9.06. The van der Waals surface area contributed by atoms with Gasteiger partial charge in [0.2, 0.25) is 0 Å². The van der Waals surface area contributed by atoms with Crippen molar-refractivity contribution in [2.45, 2.75) is 0 Å². The van der Waals surface area contributed by atoms with Crippen molar-refractivity contribution in [1.29, 1.82) is 0 Å². The van der Waals surface area contributed by atoms with Gasteiger partial charge in [-0.3, -0.25) is 9.97 Å². The Hall–Kier alpha value is -8.35. The van der Waals surface area contributed by atoms with E-state index in [1.807, 2.05) is 72.9 Å². The van der Waals surface area contributed by atoms with Crippen LogP contribution in [0.1, 0.15) is 0 Å². The fraction of sp³-hybridized carbons (Fsp3) is 0. The molecule has 0 aliphatic rings. The lowest BCUT2D eigenvalue weighted by Crippen LogP contribution is -1.96. The lowest BCUT2D eigenvalue weighted by atomic mass is 10.0. The van der Waals surface area contributed by atoms with Gasteiger partial charge in [0.05, 0.1) is 45.2 Å². The molecule has 0 atom stereocenters. The van der Waals surface area contributed by atoms with Crippen molar-refractivity contribution in [2.75, 3.05) is 0 Å². The molecule has 6 heteroatoms. The molecule has 0 bridgehead atoms. The van der Waals surface area contributed by atoms with Gasteiger partial charge in [-0.15, -0.1) is 0 Å². The van der Waals surface area contributed by atoms with Crippen molar-refractivity contribution in [2.24, 2.45) is 0 Å². The summed E-state index contributed by atoms with van der Waals surface area (Å²) in [6.07, 6.45) is 3.73. The quantitative estimate of drug-likeness (QED) is 0.154. The Labute approximate surface area is 353 Å². The maximum atomic E-state index is 5.12. The largest absolute Gasteiger partial charge is 0.309 e. The highest BCUT2D eigenvalue weighted by Gasteiger charge is 2.16. The second kappa shape index (κ2) is 15.4. The number of benzene rings is 6. The zero-order valence-electron chi connectivity index (χ0n) is 33.0. The summed E-state index contributed by atoms with van der Waals surface area (Å²) >= 11 is 0. The molecular formula is C55H36N6. The van der Waals surface area contributed by atoms with Gasteiger partial charge in [-0.1, -0.05) is 146 Å². The van der Waals surface area contributed by atoms with Crippen LogP contribution in [0.5, 0.6) is 0 Å². The Morgan fingerprint density at radius 1 is 0.295 bits per heavy atom. The summed E-state index contributed by atoms with van der Waals surface area (Å²) in [7, 11) is 0. The Bertz CT molecular complexity index is 3210. The van der Waals surface area contributed by atoms with E-state index in [1.165, 1.54) is 21.8 Å². The molecule has 11 aromatic rings. The first kappa shape index (κ1) is 35.8. The van der Waals surface area contributed by atoms with E-state index in [-0.39, 0.29) is 0 Å². The summed E-state index contributed by atoms with van der Waals surface area (Å²) in [5.74, 6) is 0.695. The smallest absolute Gasteiger partial charge is 0.160 e. The maximum Gasteiger partial charge on any atom is 0.160 e. The molecule has 11 rings (SSSR count). The van der Waals surface area contributed by atoms with Gasteiger partial charge in [0.1, 0.15) is 0 Å². The van der Waals surface area contributed by atoms with Crippen molar-refractivity contribution >= 4 is 21.8 Å². The van der Waals surface area contributed by atoms with Crippen LogP contribution < -0.4 is 0 Å². The molecule has 0 saturated carbocycles. The predicted octanol–water partition coefficient (Wildman–Crippen LogP) is 13.4. The number of hydrogen-bond acceptors (Lipinski definition) is 5. The highest BCUT2D eigenvalue weighted by Crippen LogP contribution is 2.36. The lowest BCUT2D eigenvalue weighted by Gasteiger charge is -2.13. The van der Waals surface area contributed by atoms with Crippen LogP contribution in [0.2, 0.25) is 0 Å². The van der Waals surface area contributed by atoms with Crippen LogP contribution in [0, 0.1) is 0 Å². The van der Waals surface area contributed by atoms with Crippen molar-refractivity contribution < 1.29 is 0 Å². The summed E-state index contributed by atoms with van der Waals surface area (Å²) in [6, 6.07) is 71.2. The van der Waals surface area contributed by atoms with Gasteiger partial charge in [0, 0.05) is 51.1 Å². The van der Waals surface area contributed by atoms with Crippen molar-refractivity contribution in [3.05, 3.63) is 219 Å². The molecule has 0 aliphatic carbocycles. The van der Waals surface area contributed by atoms with E-state index >= 15 is 0 Å². The fourth-order valence-corrected chi connectivity index (χ4v) is 8.12. The minimum atomic E-state index is 0.695. The highest BCUT2D eigenvalue weighted by molar-refractivity contribution is 6.09. The molecule has 0 unspecified atom stereocenters. The summed E-state index contributed by atoms with van der Waals surface area (Å²) in [4.78, 5) is 24.7. The molecular weight excluding hydrogens is 745 g/mol. The number of nitrogens with zero attached hydrogens (tertiary/aromatic N) is 6. The molecule has 6 nitrogen and oxygen atoms in total. The zero-order valence-corrected chi connectivity index (χ0v) is 33.0. The Morgan fingerprint density at radius 2 is 0.852 bits per heavy atom. The molecule has 61 heavy (non-hydrogen) atoms. The Morgan fingerprint density at radius 3 is 1.49 bits per heavy atom. The molecule has 0 saturated heterocycles. The van der Waals surface area contributed by atoms with E-state index in [9.17, 15) is 0 Å². The molecule has 286 valence electrons. The third-order valence-corrected chi connectivity index (χ3v) is 11.1. The first-order valence-corrected chi connectivity index (χ1v) is 20.3. The van der Waals surface area contributed by atoms with Gasteiger partial charge < -0.3 is 4.57 Å². The number of pyridine rings is 3. The van der Waals surface area contributed by atoms with Crippen LogP contribution in [0.4, 0.5) is 0 Å². The first-order chi connectivity index (χ1) is 30.2. The normalized spacial score (nSPS) is 11.3. The van der Waals surface area contributed by atoms with Crippen LogP contribution >= 0.6 is 0 Å². The molecule has 0 radical (unpaired) electrons. The van der Waals surface area contributed by atoms with Crippen LogP contribution in [0.3, 0.4) is 0 Å². The maximum absolute atomic E-state index is 5.12. The standard InChI is InChI=1S/C55H36N6/c1-3-14-38(15-4-1)49-35-50(60-55(59-49)40-16-5-2-6-17-40)39-27-25-37(26-28-39)42-29-30-48(57-36-42)52-34-43(33-51(58-52)47-22-11-12-31-56-47)41-18-13-19-44(32-41)61-53-23-9-7-20-45(53)46-21-8-10-24-54(46)61/h1-36H. The van der Waals surface area contributed by atoms with Crippen molar-refractivity contribution in [1.82, 2.24) is 29.5 Å². The third-order valence-electron chi connectivity index (χ3n) is 11.1. The van der Waals surface area contributed by atoms with Crippen LogP contribution in [0.15, 0.2) is 219 Å². The number of para-hydroxylation sites is 2. The van der Waals surface area contributed by atoms with Gasteiger partial charge in [-0.2, -0.15) is 0 Å². The van der Waals surface area contributed by atoms with E-state index in [0.717, 1.165) is 78.8 Å². The summed E-state index contributed by atoms with van der Waals surface area (Å²) < 4.78 is 2.35. The van der Waals surface area contributed by atoms with E-state index in [2.05, 4.69) is 149 Å². The molecule has 0 amide bonds. The molecule has 0 N–H and O–H groups in total. The lowest BCUT2D eigenvalue weighted by molar-refractivity contribution is 1.18. The topological polar surface area (TPSA) is 69.4 Å². The zero-order chi connectivity index (χ0) is 40.5. The summed E-state index contributed by atoms with van der Waals surface area (Å²) in [5, 5.41) is 2.47. The van der Waals surface area contributed by atoms with E-state index in [1.54, 1.807) is 6.20 Å². The summed E-state index contributed by atoms with van der Waals surface area (Å²) in [6.45, 7) is 0. The second-order valence-electron chi connectivity index (χ2n) is 15.0. The van der Waals surface area contributed by atoms with Gasteiger partial charge in [-0.25, -0.2) is 15.0 Å². The predicted molar refractivity (Wildman–Crippen MR) is 248 cm³/mol. The molecule has 0 spiro atoms. The van der Waals surface area contributed by atoms with Crippen LogP contribution in [-0.2, 0) is 0 Å². The van der Waals surface area contributed by atoms with Crippen LogP contribution in [0.25, 0.3) is 106 Å². The van der Waals surface area contributed by atoms with Gasteiger partial charge >= 0.3 is 0 Å². The number of hydrogen-bond donors (Lipinski definition) is 0. The molecule has 6 aromatic carbocycles. The highest BCUT2D eigenvalue weighted by atomic mass is 15.0. The SMILES string of the molecule is c1ccc(-c2cc(-c3ccc(-c4ccc(-c5cc(-c6cccc(-n7c8ccccc8c8ccccc87)c6)cc(-c6ccccn6)n5)nc4)cc3)nc(-c3ccccc3)n2)cc1. The second-order valence-corrected chi connectivity index (χ2v) is 15.0. The molecule has 0 aliphatic heterocycles. The van der Waals surface area contributed by atoms with E-state index < -0.39 is 0 Å². The third kappa shape index (κ3) is 6.92. The molecule has 5 heterocycles. The number of fused-ring (bicyclic) bond motifs is 3. The minimum absolute atomic E-state index is 0.695. The van der Waals surface area contributed by atoms with E-state index in [4.69, 9.17) is 19.9 Å². The fourth-order valence-electron chi connectivity index (χ4n) is 8.12. The first-order valence-electron chi connectivity index (χ1n) is 20.3. The average molecular weight is 781 g/mol. The minimum Gasteiger partial charge on any atom is -0.309 e. The van der Waals surface area contributed by atoms with Gasteiger partial charge in [-0.05, 0) is 77.4 Å². The molecule has 0 fully saturated rings. The summed E-state index contributed by atoms with van der Waals surface area (Å²) in [5.41, 5.74) is 15.5. The van der Waals surface area contributed by atoms with Gasteiger partial charge in [0.25, 0.3) is 0 Å². The average Bonchev–Trinajstić information content (AvgIpc) is 3.69. The van der Waals surface area contributed by atoms with Gasteiger partial charge in [0.15, 0.2) is 5.82 Å². The number of aromatic nitrogens is 6. The van der Waals surface area contributed by atoms with Crippen molar-refractivity contribution in [3.63, 3.8) is 0 Å². The van der Waals surface area contributed by atoms with Crippen LogP contribution in [-0.4, -0.2) is 29.5 Å². The number of rotatable bonds is 8. The Balaban J connectivity index is 0.935. The van der Waals surface area contributed by atoms with E-state index in [0.29, 0.717) is 5.82 Å².